The summed E-state index contributed by atoms with van der Waals surface area (Å²) in [6.07, 6.45) is 1.70. The van der Waals surface area contributed by atoms with Gasteiger partial charge in [0.1, 0.15) is 5.76 Å². The molecule has 1 N–H and O–H groups in total. The van der Waals surface area contributed by atoms with Crippen LogP contribution in [0.3, 0.4) is 0 Å². The number of nitrogens with zero attached hydrogens (tertiary/aromatic N) is 3. The Morgan fingerprint density at radius 2 is 2.04 bits per heavy atom. The fraction of sp³-hybridized carbons (Fsp3) is 0.765. The third-order valence-electron chi connectivity index (χ3n) is 5.08. The van der Waals surface area contributed by atoms with Crippen molar-refractivity contribution in [1.82, 2.24) is 15.0 Å². The predicted octanol–water partition coefficient (Wildman–Crippen LogP) is 0.520. The molecule has 0 bridgehead atoms. The van der Waals surface area contributed by atoms with E-state index < -0.39 is 5.60 Å². The zero-order valence-electron chi connectivity index (χ0n) is 14.6. The number of aliphatic hydroxyl groups is 1. The Hall–Kier alpha value is -1.44. The molecule has 0 aromatic carbocycles. The molecule has 24 heavy (non-hydrogen) atoms. The minimum absolute atomic E-state index is 0.0907. The molecule has 0 radical (unpaired) electrons. The minimum atomic E-state index is -0.796. The number of hydrogen-bond donors (Lipinski definition) is 1. The molecule has 1 aromatic rings. The average Bonchev–Trinajstić information content (AvgIpc) is 3.10. The lowest BCUT2D eigenvalue weighted by Gasteiger charge is -2.33. The smallest absolute Gasteiger partial charge is 0.223 e. The minimum Gasteiger partial charge on any atom is -0.387 e. The van der Waals surface area contributed by atoms with Gasteiger partial charge in [0.05, 0.1) is 31.1 Å². The lowest BCUT2D eigenvalue weighted by atomic mass is 10.0. The van der Waals surface area contributed by atoms with Crippen molar-refractivity contribution in [1.29, 1.82) is 0 Å². The van der Waals surface area contributed by atoms with Crippen molar-refractivity contribution in [2.24, 2.45) is 0 Å². The third-order valence-corrected chi connectivity index (χ3v) is 5.08. The molecule has 0 spiro atoms. The Bertz CT molecular complexity index is 563. The summed E-state index contributed by atoms with van der Waals surface area (Å²) in [6.45, 7) is 8.57. The van der Waals surface area contributed by atoms with E-state index in [9.17, 15) is 9.90 Å². The van der Waals surface area contributed by atoms with E-state index in [0.717, 1.165) is 43.3 Å². The van der Waals surface area contributed by atoms with Gasteiger partial charge in [-0.15, -0.1) is 0 Å². The Balaban J connectivity index is 1.50. The van der Waals surface area contributed by atoms with Crippen molar-refractivity contribution < 1.29 is 19.2 Å². The quantitative estimate of drug-likeness (QED) is 0.844. The van der Waals surface area contributed by atoms with Crippen molar-refractivity contribution in [3.63, 3.8) is 0 Å². The van der Waals surface area contributed by atoms with E-state index in [1.54, 1.807) is 4.90 Å². The SMILES string of the molecule is Cc1noc(C)c1CCC(=O)N1CC[C@@](O)(CN2CCOCC2)C1. The van der Waals surface area contributed by atoms with Crippen LogP contribution in [0.4, 0.5) is 0 Å². The maximum Gasteiger partial charge on any atom is 0.223 e. The molecule has 3 rings (SSSR count). The highest BCUT2D eigenvalue weighted by atomic mass is 16.5. The van der Waals surface area contributed by atoms with Crippen LogP contribution in [0.1, 0.15) is 29.9 Å². The molecule has 7 heteroatoms. The molecule has 2 aliphatic rings. The summed E-state index contributed by atoms with van der Waals surface area (Å²) in [5.74, 6) is 0.874. The van der Waals surface area contributed by atoms with Crippen LogP contribution in [0.25, 0.3) is 0 Å². The molecule has 1 atom stereocenters. The van der Waals surface area contributed by atoms with Gasteiger partial charge in [0.25, 0.3) is 0 Å². The van der Waals surface area contributed by atoms with E-state index in [-0.39, 0.29) is 5.91 Å². The molecular formula is C17H27N3O4. The number of likely N-dealkylation sites (tertiary alicyclic amines) is 1. The van der Waals surface area contributed by atoms with E-state index in [2.05, 4.69) is 10.1 Å². The lowest BCUT2D eigenvalue weighted by molar-refractivity contribution is -0.131. The van der Waals surface area contributed by atoms with Gasteiger partial charge in [-0.2, -0.15) is 0 Å². The van der Waals surface area contributed by atoms with Crippen LogP contribution in [-0.2, 0) is 16.0 Å². The van der Waals surface area contributed by atoms with Gasteiger partial charge in [0.2, 0.25) is 5.91 Å². The zero-order chi connectivity index (χ0) is 17.2. The van der Waals surface area contributed by atoms with Gasteiger partial charge in [0.15, 0.2) is 0 Å². The third kappa shape index (κ3) is 3.96. The molecule has 2 saturated heterocycles. The highest BCUT2D eigenvalue weighted by Gasteiger charge is 2.39. The summed E-state index contributed by atoms with van der Waals surface area (Å²) < 4.78 is 10.5. The number of morpholine rings is 1. The molecule has 0 saturated carbocycles. The molecule has 3 heterocycles. The number of rotatable bonds is 5. The number of aryl methyl sites for hydroxylation is 2. The first-order chi connectivity index (χ1) is 11.5. The molecule has 2 fully saturated rings. The van der Waals surface area contributed by atoms with Crippen LogP contribution in [-0.4, -0.2) is 77.5 Å². The van der Waals surface area contributed by atoms with E-state index in [1.807, 2.05) is 13.8 Å². The van der Waals surface area contributed by atoms with Gasteiger partial charge in [-0.3, -0.25) is 9.69 Å². The molecule has 1 aromatic heterocycles. The van der Waals surface area contributed by atoms with Crippen LogP contribution < -0.4 is 0 Å². The predicted molar refractivity (Wildman–Crippen MR) is 87.7 cm³/mol. The summed E-state index contributed by atoms with van der Waals surface area (Å²) >= 11 is 0. The van der Waals surface area contributed by atoms with Crippen molar-refractivity contribution >= 4 is 5.91 Å². The van der Waals surface area contributed by atoms with E-state index in [0.29, 0.717) is 38.9 Å². The maximum absolute atomic E-state index is 12.5. The van der Waals surface area contributed by atoms with Crippen molar-refractivity contribution in [2.75, 3.05) is 45.9 Å². The van der Waals surface area contributed by atoms with Gasteiger partial charge < -0.3 is 19.3 Å². The van der Waals surface area contributed by atoms with Crippen LogP contribution in [0.15, 0.2) is 4.52 Å². The second-order valence-corrected chi connectivity index (χ2v) is 6.98. The molecule has 1 amide bonds. The Morgan fingerprint density at radius 1 is 1.29 bits per heavy atom. The largest absolute Gasteiger partial charge is 0.387 e. The number of hydrogen-bond acceptors (Lipinski definition) is 6. The van der Waals surface area contributed by atoms with Crippen molar-refractivity contribution in [3.8, 4) is 0 Å². The van der Waals surface area contributed by atoms with Crippen LogP contribution in [0.2, 0.25) is 0 Å². The Kier molecular flexibility index (Phi) is 5.22. The maximum atomic E-state index is 12.5. The standard InChI is InChI=1S/C17H27N3O4/c1-13-15(14(2)24-18-13)3-4-16(21)20-6-5-17(22,12-20)11-19-7-9-23-10-8-19/h22H,3-12H2,1-2H3/t17-/m1/s1. The molecular weight excluding hydrogens is 310 g/mol. The van der Waals surface area contributed by atoms with Crippen LogP contribution in [0, 0.1) is 13.8 Å². The second kappa shape index (κ2) is 7.21. The summed E-state index contributed by atoms with van der Waals surface area (Å²) in [6, 6.07) is 0. The number of β-amino-alcohol motifs (C(OH)–C–C–N with tert-alkyl or cyclic N) is 1. The molecule has 0 unspecified atom stereocenters. The average molecular weight is 337 g/mol. The van der Waals surface area contributed by atoms with Gasteiger partial charge >= 0.3 is 0 Å². The van der Waals surface area contributed by atoms with E-state index in [1.165, 1.54) is 0 Å². The number of ether oxygens (including phenoxy) is 1. The second-order valence-electron chi connectivity index (χ2n) is 6.98. The van der Waals surface area contributed by atoms with Crippen LogP contribution >= 0.6 is 0 Å². The first-order valence-corrected chi connectivity index (χ1v) is 8.69. The summed E-state index contributed by atoms with van der Waals surface area (Å²) in [7, 11) is 0. The topological polar surface area (TPSA) is 79.0 Å². The summed E-state index contributed by atoms with van der Waals surface area (Å²) in [5, 5.41) is 14.7. The summed E-state index contributed by atoms with van der Waals surface area (Å²) in [5.41, 5.74) is 1.08. The lowest BCUT2D eigenvalue weighted by Crippen LogP contribution is -2.49. The Morgan fingerprint density at radius 3 is 2.71 bits per heavy atom. The molecule has 134 valence electrons. The van der Waals surface area contributed by atoms with Gasteiger partial charge in [-0.25, -0.2) is 0 Å². The number of amides is 1. The van der Waals surface area contributed by atoms with Crippen molar-refractivity contribution in [3.05, 3.63) is 17.0 Å². The van der Waals surface area contributed by atoms with E-state index in [4.69, 9.17) is 9.26 Å². The Labute approximate surface area is 142 Å². The van der Waals surface area contributed by atoms with Crippen molar-refractivity contribution in [2.45, 2.75) is 38.7 Å². The highest BCUT2D eigenvalue weighted by Crippen LogP contribution is 2.24. The fourth-order valence-electron chi connectivity index (χ4n) is 3.62. The van der Waals surface area contributed by atoms with Gasteiger partial charge in [-0.05, 0) is 26.7 Å². The van der Waals surface area contributed by atoms with Gasteiger partial charge in [-0.1, -0.05) is 5.16 Å². The summed E-state index contributed by atoms with van der Waals surface area (Å²) in [4.78, 5) is 16.5. The molecule has 0 aliphatic carbocycles. The molecule has 2 aliphatic heterocycles. The fourth-order valence-corrected chi connectivity index (χ4v) is 3.62. The monoisotopic (exact) mass is 337 g/mol. The number of aromatic nitrogens is 1. The highest BCUT2D eigenvalue weighted by molar-refractivity contribution is 5.77. The normalized spacial score (nSPS) is 25.4. The van der Waals surface area contributed by atoms with Crippen LogP contribution in [0.5, 0.6) is 0 Å². The van der Waals surface area contributed by atoms with E-state index >= 15 is 0 Å². The first kappa shape index (κ1) is 17.4. The first-order valence-electron chi connectivity index (χ1n) is 8.69. The number of carbonyl (C=O) groups excluding carboxylic acids is 1. The number of carbonyl (C=O) groups is 1. The zero-order valence-corrected chi connectivity index (χ0v) is 14.6. The van der Waals surface area contributed by atoms with Gasteiger partial charge in [0, 0.05) is 38.2 Å². The molecule has 7 nitrogen and oxygen atoms in total.